The fourth-order valence-corrected chi connectivity index (χ4v) is 4.07. The van der Waals surface area contributed by atoms with E-state index >= 15 is 0 Å². The summed E-state index contributed by atoms with van der Waals surface area (Å²) in [5.74, 6) is 0. The average Bonchev–Trinajstić information content (AvgIpc) is 3.04. The van der Waals surface area contributed by atoms with Gasteiger partial charge in [-0.05, 0) is 63.7 Å². The van der Waals surface area contributed by atoms with Crippen molar-refractivity contribution in [3.63, 3.8) is 0 Å². The lowest BCUT2D eigenvalue weighted by Gasteiger charge is -2.27. The first-order chi connectivity index (χ1) is 11.1. The molecule has 2 aromatic heterocycles. The Labute approximate surface area is 143 Å². The lowest BCUT2D eigenvalue weighted by atomic mass is 9.97. The van der Waals surface area contributed by atoms with Crippen molar-refractivity contribution in [3.05, 3.63) is 53.1 Å². The van der Waals surface area contributed by atoms with Crippen LogP contribution in [0.2, 0.25) is 0 Å². The Kier molecular flexibility index (Phi) is 4.39. The molecule has 23 heavy (non-hydrogen) atoms. The lowest BCUT2D eigenvalue weighted by molar-refractivity contribution is 0.329. The third kappa shape index (κ3) is 2.63. The number of nitrogens with zero attached hydrogens (tertiary/aromatic N) is 3. The van der Waals surface area contributed by atoms with E-state index < -0.39 is 0 Å². The Hall–Kier alpha value is -1.88. The summed E-state index contributed by atoms with van der Waals surface area (Å²) in [7, 11) is 0. The molecule has 1 aliphatic heterocycles. The topological polar surface area (TPSA) is 33.1 Å². The maximum absolute atomic E-state index is 5.59. The molecule has 3 rings (SSSR count). The third-order valence-electron chi connectivity index (χ3n) is 4.79. The minimum atomic E-state index is 0.0921. The number of rotatable bonds is 4. The van der Waals surface area contributed by atoms with E-state index in [-0.39, 0.29) is 12.1 Å². The molecule has 0 amide bonds. The Balaban J connectivity index is 2.10. The van der Waals surface area contributed by atoms with Gasteiger partial charge in [0.05, 0.1) is 17.8 Å². The van der Waals surface area contributed by atoms with Gasteiger partial charge in [-0.1, -0.05) is 6.07 Å². The van der Waals surface area contributed by atoms with E-state index in [1.807, 2.05) is 18.3 Å². The van der Waals surface area contributed by atoms with Gasteiger partial charge in [-0.2, -0.15) is 0 Å². The molecule has 2 aromatic rings. The third-order valence-corrected chi connectivity index (χ3v) is 5.14. The number of pyridine rings is 1. The summed E-state index contributed by atoms with van der Waals surface area (Å²) < 4.78 is 2.36. The standard InChI is InChI=1S/C18H24N4S/c1-5-21-12(3)11-14(13(21)4)17-16(15-9-7-8-10-19-15)20-18(23)22(17)6-2/h7-11,16-17H,5-6H2,1-4H3,(H,20,23). The molecule has 0 radical (unpaired) electrons. The Morgan fingerprint density at radius 2 is 2.00 bits per heavy atom. The normalized spacial score (nSPS) is 20.9. The van der Waals surface area contributed by atoms with Crippen LogP contribution in [0.25, 0.3) is 0 Å². The molecule has 5 heteroatoms. The molecule has 122 valence electrons. The van der Waals surface area contributed by atoms with Gasteiger partial charge in [0.25, 0.3) is 0 Å². The lowest BCUT2D eigenvalue weighted by Crippen LogP contribution is -2.29. The minimum Gasteiger partial charge on any atom is -0.352 e. The van der Waals surface area contributed by atoms with Crippen LogP contribution < -0.4 is 5.32 Å². The average molecular weight is 328 g/mol. The highest BCUT2D eigenvalue weighted by atomic mass is 32.1. The maximum Gasteiger partial charge on any atom is 0.170 e. The molecule has 4 nitrogen and oxygen atoms in total. The van der Waals surface area contributed by atoms with Crippen molar-refractivity contribution in [1.82, 2.24) is 19.8 Å². The number of hydrogen-bond donors (Lipinski definition) is 1. The zero-order valence-electron chi connectivity index (χ0n) is 14.2. The van der Waals surface area contributed by atoms with Crippen LogP contribution in [0.15, 0.2) is 30.5 Å². The molecule has 0 aromatic carbocycles. The van der Waals surface area contributed by atoms with Gasteiger partial charge < -0.3 is 14.8 Å². The Morgan fingerprint density at radius 1 is 1.22 bits per heavy atom. The molecule has 0 bridgehead atoms. The summed E-state index contributed by atoms with van der Waals surface area (Å²) >= 11 is 5.59. The quantitative estimate of drug-likeness (QED) is 0.871. The molecule has 3 heterocycles. The first-order valence-corrected chi connectivity index (χ1v) is 8.64. The highest BCUT2D eigenvalue weighted by molar-refractivity contribution is 7.80. The second kappa shape index (κ2) is 6.32. The van der Waals surface area contributed by atoms with E-state index in [0.717, 1.165) is 23.9 Å². The largest absolute Gasteiger partial charge is 0.352 e. The molecule has 1 fully saturated rings. The molecule has 0 aliphatic carbocycles. The first-order valence-electron chi connectivity index (χ1n) is 8.23. The second-order valence-electron chi connectivity index (χ2n) is 5.98. The molecular weight excluding hydrogens is 304 g/mol. The summed E-state index contributed by atoms with van der Waals surface area (Å²) in [6.07, 6.45) is 1.85. The van der Waals surface area contributed by atoms with E-state index in [1.165, 1.54) is 17.0 Å². The van der Waals surface area contributed by atoms with Crippen LogP contribution in [-0.4, -0.2) is 26.1 Å². The van der Waals surface area contributed by atoms with Gasteiger partial charge in [0.15, 0.2) is 5.11 Å². The summed E-state index contributed by atoms with van der Waals surface area (Å²) in [4.78, 5) is 6.84. The predicted molar refractivity (Wildman–Crippen MR) is 97.4 cm³/mol. The van der Waals surface area contributed by atoms with Crippen LogP contribution >= 0.6 is 12.2 Å². The number of aryl methyl sites for hydroxylation is 1. The van der Waals surface area contributed by atoms with Crippen molar-refractivity contribution in [1.29, 1.82) is 0 Å². The molecule has 1 N–H and O–H groups in total. The highest BCUT2D eigenvalue weighted by Crippen LogP contribution is 2.40. The summed E-state index contributed by atoms with van der Waals surface area (Å²) in [5.41, 5.74) is 5.00. The number of likely N-dealkylation sites (N-methyl/N-ethyl adjacent to an activating group) is 1. The van der Waals surface area contributed by atoms with Crippen molar-refractivity contribution in [2.45, 2.75) is 46.3 Å². The predicted octanol–water partition coefficient (Wildman–Crippen LogP) is 3.51. The van der Waals surface area contributed by atoms with Gasteiger partial charge in [0.2, 0.25) is 0 Å². The molecule has 0 saturated carbocycles. The van der Waals surface area contributed by atoms with Gasteiger partial charge in [0.1, 0.15) is 0 Å². The Morgan fingerprint density at radius 3 is 2.57 bits per heavy atom. The van der Waals surface area contributed by atoms with Crippen molar-refractivity contribution < 1.29 is 0 Å². The van der Waals surface area contributed by atoms with Crippen LogP contribution in [0.3, 0.4) is 0 Å². The van der Waals surface area contributed by atoms with Crippen molar-refractivity contribution in [2.24, 2.45) is 0 Å². The number of hydrogen-bond acceptors (Lipinski definition) is 2. The van der Waals surface area contributed by atoms with Gasteiger partial charge in [0, 0.05) is 30.7 Å². The smallest absolute Gasteiger partial charge is 0.170 e. The molecule has 0 spiro atoms. The van der Waals surface area contributed by atoms with Gasteiger partial charge in [-0.25, -0.2) is 0 Å². The molecule has 1 saturated heterocycles. The minimum absolute atomic E-state index is 0.0921. The summed E-state index contributed by atoms with van der Waals surface area (Å²) in [6, 6.07) is 8.65. The Bertz CT molecular complexity index is 707. The van der Waals surface area contributed by atoms with Crippen LogP contribution in [0, 0.1) is 13.8 Å². The van der Waals surface area contributed by atoms with Crippen LogP contribution in [-0.2, 0) is 6.54 Å². The van der Waals surface area contributed by atoms with Crippen LogP contribution in [0.5, 0.6) is 0 Å². The van der Waals surface area contributed by atoms with E-state index in [1.54, 1.807) is 0 Å². The maximum atomic E-state index is 5.59. The van der Waals surface area contributed by atoms with Crippen molar-refractivity contribution in [3.8, 4) is 0 Å². The van der Waals surface area contributed by atoms with E-state index in [2.05, 4.69) is 59.6 Å². The zero-order valence-corrected chi connectivity index (χ0v) is 15.0. The fourth-order valence-electron chi connectivity index (χ4n) is 3.70. The summed E-state index contributed by atoms with van der Waals surface area (Å²) in [5, 5.41) is 4.29. The SMILES string of the molecule is CCN1C(=S)NC(c2ccccn2)C1c1cc(C)n(CC)c1C. The van der Waals surface area contributed by atoms with E-state index in [4.69, 9.17) is 12.2 Å². The molecule has 2 atom stereocenters. The number of aromatic nitrogens is 2. The summed E-state index contributed by atoms with van der Waals surface area (Å²) in [6.45, 7) is 10.6. The van der Waals surface area contributed by atoms with Crippen LogP contribution in [0.1, 0.15) is 48.6 Å². The van der Waals surface area contributed by atoms with Gasteiger partial charge in [-0.15, -0.1) is 0 Å². The fraction of sp³-hybridized carbons (Fsp3) is 0.444. The van der Waals surface area contributed by atoms with Gasteiger partial charge in [-0.3, -0.25) is 4.98 Å². The number of thiocarbonyl (C=S) groups is 1. The first kappa shape index (κ1) is 16.0. The molecule has 1 aliphatic rings. The van der Waals surface area contributed by atoms with Gasteiger partial charge >= 0.3 is 0 Å². The van der Waals surface area contributed by atoms with Crippen molar-refractivity contribution in [2.75, 3.05) is 6.54 Å². The molecular formula is C18H24N4S. The highest BCUT2D eigenvalue weighted by Gasteiger charge is 2.40. The van der Waals surface area contributed by atoms with E-state index in [0.29, 0.717) is 0 Å². The number of nitrogens with one attached hydrogen (secondary N) is 1. The van der Waals surface area contributed by atoms with Crippen LogP contribution in [0.4, 0.5) is 0 Å². The zero-order chi connectivity index (χ0) is 16.6. The van der Waals surface area contributed by atoms with Crippen molar-refractivity contribution >= 4 is 17.3 Å². The second-order valence-corrected chi connectivity index (χ2v) is 6.37. The molecule has 2 unspecified atom stereocenters. The van der Waals surface area contributed by atoms with E-state index in [9.17, 15) is 0 Å². The monoisotopic (exact) mass is 328 g/mol.